The van der Waals surface area contributed by atoms with Crippen molar-refractivity contribution < 1.29 is 0 Å². The lowest BCUT2D eigenvalue weighted by Gasteiger charge is -2.16. The summed E-state index contributed by atoms with van der Waals surface area (Å²) in [6.07, 6.45) is 0. The Bertz CT molecular complexity index is 4310. The van der Waals surface area contributed by atoms with E-state index in [4.69, 9.17) is 15.0 Å². The van der Waals surface area contributed by atoms with Crippen molar-refractivity contribution in [2.24, 2.45) is 0 Å². The Morgan fingerprint density at radius 2 is 0.676 bits per heavy atom. The van der Waals surface area contributed by atoms with Gasteiger partial charge in [0.15, 0.2) is 5.82 Å². The van der Waals surface area contributed by atoms with Crippen LogP contribution in [0.2, 0.25) is 0 Å². The predicted octanol–water partition coefficient (Wildman–Crippen LogP) is 19.0. The van der Waals surface area contributed by atoms with E-state index in [1.54, 1.807) is 0 Å². The van der Waals surface area contributed by atoms with E-state index >= 15 is 0 Å². The van der Waals surface area contributed by atoms with Gasteiger partial charge in [-0.2, -0.15) is 0 Å². The van der Waals surface area contributed by atoms with Gasteiger partial charge in [-0.1, -0.05) is 261 Å². The van der Waals surface area contributed by atoms with Crippen molar-refractivity contribution in [3.05, 3.63) is 273 Å². The molecule has 0 aliphatic heterocycles. The van der Waals surface area contributed by atoms with Crippen molar-refractivity contribution in [2.75, 3.05) is 0 Å². The summed E-state index contributed by atoms with van der Waals surface area (Å²) in [4.78, 5) is 16.1. The van der Waals surface area contributed by atoms with Crippen LogP contribution in [0.25, 0.3) is 144 Å². The molecule has 0 aliphatic carbocycles. The minimum Gasteiger partial charge on any atom is -0.246 e. The van der Waals surface area contributed by atoms with Gasteiger partial charge in [-0.3, -0.25) is 0 Å². The first-order chi connectivity index (χ1) is 36.7. The topological polar surface area (TPSA) is 38.7 Å². The smallest absolute Gasteiger partial charge is 0.160 e. The van der Waals surface area contributed by atoms with Crippen molar-refractivity contribution in [2.45, 2.75) is 0 Å². The zero-order valence-electron chi connectivity index (χ0n) is 40.3. The number of benzene rings is 12. The van der Waals surface area contributed by atoms with Gasteiger partial charge in [-0.05, 0) is 83.4 Å². The molecule has 3 nitrogen and oxygen atoms in total. The highest BCUT2D eigenvalue weighted by Gasteiger charge is 2.18. The fourth-order valence-electron chi connectivity index (χ4n) is 10.9. The lowest BCUT2D eigenvalue weighted by Crippen LogP contribution is -1.96. The zero-order chi connectivity index (χ0) is 49.0. The molecule has 0 fully saturated rings. The maximum atomic E-state index is 5.65. The van der Waals surface area contributed by atoms with Gasteiger partial charge < -0.3 is 0 Å². The van der Waals surface area contributed by atoms with Gasteiger partial charge >= 0.3 is 0 Å². The van der Waals surface area contributed by atoms with E-state index in [1.807, 2.05) is 12.1 Å². The van der Waals surface area contributed by atoms with E-state index < -0.39 is 0 Å². The van der Waals surface area contributed by atoms with Gasteiger partial charge in [0.2, 0.25) is 0 Å². The molecule has 14 aromatic rings. The van der Waals surface area contributed by atoms with Crippen LogP contribution in [-0.2, 0) is 0 Å². The first-order valence-corrected chi connectivity index (χ1v) is 25.2. The molecule has 14 rings (SSSR count). The number of fused-ring (bicyclic) bond motifs is 8. The van der Waals surface area contributed by atoms with Gasteiger partial charge in [0, 0.05) is 44.0 Å². The molecule has 12 aromatic carbocycles. The number of aromatic nitrogens is 3. The van der Waals surface area contributed by atoms with E-state index in [0.29, 0.717) is 5.82 Å². The summed E-state index contributed by atoms with van der Waals surface area (Å²) in [6.45, 7) is 0. The monoisotopic (exact) mass is 939 g/mol. The van der Waals surface area contributed by atoms with E-state index in [0.717, 1.165) is 77.9 Å². The summed E-state index contributed by atoms with van der Waals surface area (Å²) in [7, 11) is 0. The third-order valence-corrected chi connectivity index (χ3v) is 14.7. The molecule has 2 heterocycles. The average molecular weight is 940 g/mol. The molecule has 3 heteroatoms. The molecule has 0 radical (unpaired) electrons. The molecule has 74 heavy (non-hydrogen) atoms. The highest BCUT2D eigenvalue weighted by atomic mass is 14.9. The highest BCUT2D eigenvalue weighted by molar-refractivity contribution is 6.24. The lowest BCUT2D eigenvalue weighted by atomic mass is 9.91. The second-order valence-corrected chi connectivity index (χ2v) is 19.1. The molecular formula is C71H45N3. The summed E-state index contributed by atoms with van der Waals surface area (Å²) in [5, 5.41) is 10.9. The molecule has 0 bridgehead atoms. The van der Waals surface area contributed by atoms with E-state index in [9.17, 15) is 0 Å². The number of hydrogen-bond acceptors (Lipinski definition) is 3. The standard InChI is InChI=1S/C71H45N3/c1-3-14-46(15-4-1)48-26-34-53(35-27-48)66-45-67(73-71(72-66)56-40-28-49(29-41-56)47-16-5-2-6-17-47)54-36-30-51(31-37-54)60-24-13-25-63-68-59-21-10-7-18-50(59)42-43-64(68)69(74-70(60)63)55-38-32-52(33-39-55)65-44-57-19-8-9-20-58(57)61-22-11-12-23-62(61)65/h1-45H. The van der Waals surface area contributed by atoms with Gasteiger partial charge in [0.25, 0.3) is 0 Å². The summed E-state index contributed by atoms with van der Waals surface area (Å²) >= 11 is 0. The van der Waals surface area contributed by atoms with Crippen molar-refractivity contribution in [1.82, 2.24) is 15.0 Å². The van der Waals surface area contributed by atoms with Gasteiger partial charge in [0.05, 0.1) is 22.6 Å². The Kier molecular flexibility index (Phi) is 10.5. The zero-order valence-corrected chi connectivity index (χ0v) is 40.3. The number of nitrogens with zero attached hydrogens (tertiary/aromatic N) is 3. The first kappa shape index (κ1) is 43.0. The summed E-state index contributed by atoms with van der Waals surface area (Å²) in [6, 6.07) is 97.7. The molecule has 0 saturated heterocycles. The maximum absolute atomic E-state index is 5.65. The van der Waals surface area contributed by atoms with E-state index in [1.165, 1.54) is 60.0 Å². The van der Waals surface area contributed by atoms with Crippen LogP contribution >= 0.6 is 0 Å². The first-order valence-electron chi connectivity index (χ1n) is 25.2. The van der Waals surface area contributed by atoms with Crippen LogP contribution in [0.15, 0.2) is 273 Å². The van der Waals surface area contributed by atoms with Gasteiger partial charge in [0.1, 0.15) is 0 Å². The Balaban J connectivity index is 0.875. The Morgan fingerprint density at radius 1 is 0.216 bits per heavy atom. The van der Waals surface area contributed by atoms with Crippen LogP contribution < -0.4 is 0 Å². The molecule has 0 aliphatic rings. The summed E-state index contributed by atoms with van der Waals surface area (Å²) in [5.41, 5.74) is 16.9. The maximum Gasteiger partial charge on any atom is 0.160 e. The van der Waals surface area contributed by atoms with Gasteiger partial charge in [-0.15, -0.1) is 0 Å². The molecule has 0 atom stereocenters. The molecule has 0 N–H and O–H groups in total. The molecular weight excluding hydrogens is 895 g/mol. The predicted molar refractivity (Wildman–Crippen MR) is 311 cm³/mol. The Morgan fingerprint density at radius 3 is 1.31 bits per heavy atom. The number of rotatable bonds is 8. The SMILES string of the molecule is c1ccc(-c2ccc(-c3cc(-c4ccc(-c5cccc6c5nc(-c5ccc(-c7cc8ccccc8c8ccccc78)cc5)c5ccc7ccccc7c56)cc4)nc(-c4ccc(-c5ccccc5)cc4)n3)cc2)cc1. The van der Waals surface area contributed by atoms with Crippen molar-refractivity contribution in [3.8, 4) is 89.7 Å². The number of hydrogen-bond donors (Lipinski definition) is 0. The van der Waals surface area contributed by atoms with Crippen molar-refractivity contribution in [1.29, 1.82) is 0 Å². The van der Waals surface area contributed by atoms with Crippen LogP contribution in [0.1, 0.15) is 0 Å². The third-order valence-electron chi connectivity index (χ3n) is 14.7. The third kappa shape index (κ3) is 7.67. The number of pyridine rings is 1. The minimum absolute atomic E-state index is 0.678. The normalized spacial score (nSPS) is 11.5. The van der Waals surface area contributed by atoms with Crippen LogP contribution in [0, 0.1) is 0 Å². The fraction of sp³-hybridized carbons (Fsp3) is 0. The summed E-state index contributed by atoms with van der Waals surface area (Å²) in [5.74, 6) is 0.678. The quantitative estimate of drug-likeness (QED) is 0.143. The second-order valence-electron chi connectivity index (χ2n) is 19.1. The molecule has 0 spiro atoms. The second kappa shape index (κ2) is 18.1. The Labute approximate surface area is 429 Å². The fourth-order valence-corrected chi connectivity index (χ4v) is 10.9. The molecule has 0 saturated carbocycles. The summed E-state index contributed by atoms with van der Waals surface area (Å²) < 4.78 is 0. The minimum atomic E-state index is 0.678. The average Bonchev–Trinajstić information content (AvgIpc) is 3.49. The van der Waals surface area contributed by atoms with Crippen molar-refractivity contribution >= 4 is 54.0 Å². The molecule has 0 amide bonds. The largest absolute Gasteiger partial charge is 0.246 e. The Hall–Kier alpha value is -9.83. The molecule has 0 unspecified atom stereocenters. The van der Waals surface area contributed by atoms with Crippen molar-refractivity contribution in [3.63, 3.8) is 0 Å². The van der Waals surface area contributed by atoms with Crippen LogP contribution in [0.5, 0.6) is 0 Å². The number of para-hydroxylation sites is 1. The lowest BCUT2D eigenvalue weighted by molar-refractivity contribution is 1.18. The highest BCUT2D eigenvalue weighted by Crippen LogP contribution is 2.42. The molecule has 2 aromatic heterocycles. The van der Waals surface area contributed by atoms with E-state index in [-0.39, 0.29) is 0 Å². The molecule has 344 valence electrons. The van der Waals surface area contributed by atoms with Gasteiger partial charge in [-0.25, -0.2) is 15.0 Å². The van der Waals surface area contributed by atoms with Crippen LogP contribution in [0.4, 0.5) is 0 Å². The van der Waals surface area contributed by atoms with E-state index in [2.05, 4.69) is 261 Å². The van der Waals surface area contributed by atoms with Crippen LogP contribution in [0.3, 0.4) is 0 Å². The van der Waals surface area contributed by atoms with Crippen LogP contribution in [-0.4, -0.2) is 15.0 Å².